The monoisotopic (exact) mass is 234 g/mol. The molecule has 1 aliphatic rings. The van der Waals surface area contributed by atoms with Gasteiger partial charge in [0.2, 0.25) is 5.91 Å². The van der Waals surface area contributed by atoms with Gasteiger partial charge in [0, 0.05) is 31.4 Å². The van der Waals surface area contributed by atoms with Gasteiger partial charge in [0.1, 0.15) is 5.75 Å². The van der Waals surface area contributed by atoms with Crippen LogP contribution in [0.25, 0.3) is 0 Å². The van der Waals surface area contributed by atoms with Gasteiger partial charge in [-0.3, -0.25) is 4.79 Å². The van der Waals surface area contributed by atoms with Crippen molar-refractivity contribution in [3.05, 3.63) is 29.8 Å². The molecule has 0 bridgehead atoms. The number of nitrogens with zero attached hydrogens (tertiary/aromatic N) is 1. The van der Waals surface area contributed by atoms with E-state index in [9.17, 15) is 19.8 Å². The van der Waals surface area contributed by atoms with Crippen LogP contribution in [-0.4, -0.2) is 28.4 Å². The number of phenolic OH excluding ortho intramolecular Hbond substituents is 1. The Labute approximate surface area is 98.3 Å². The number of carboxylic acids is 1. The van der Waals surface area contributed by atoms with Crippen molar-refractivity contribution in [1.29, 1.82) is 0 Å². The highest BCUT2D eigenvalue weighted by atomic mass is 16.4. The van der Waals surface area contributed by atoms with E-state index in [1.165, 1.54) is 4.90 Å². The minimum atomic E-state index is -1.18. The van der Waals surface area contributed by atoms with E-state index in [2.05, 4.69) is 0 Å². The molecule has 2 rings (SSSR count). The van der Waals surface area contributed by atoms with E-state index in [-0.39, 0.29) is 24.6 Å². The van der Waals surface area contributed by atoms with E-state index in [0.29, 0.717) is 6.54 Å². The van der Waals surface area contributed by atoms with Gasteiger partial charge in [-0.2, -0.15) is 0 Å². The first-order valence-electron chi connectivity index (χ1n) is 5.33. The molecule has 0 aliphatic carbocycles. The number of aromatic hydroxyl groups is 1. The summed E-state index contributed by atoms with van der Waals surface area (Å²) >= 11 is 0. The number of aliphatic carboxylic acids is 1. The maximum absolute atomic E-state index is 11.6. The Balaban J connectivity index is 2.05. The molecule has 5 heteroatoms. The largest absolute Gasteiger partial charge is 0.550 e. The Kier molecular flexibility index (Phi) is 2.99. The van der Waals surface area contributed by atoms with Gasteiger partial charge in [-0.05, 0) is 17.7 Å². The fourth-order valence-electron chi connectivity index (χ4n) is 1.96. The summed E-state index contributed by atoms with van der Waals surface area (Å²) in [5, 5.41) is 20.0. The number of benzene rings is 1. The predicted molar refractivity (Wildman–Crippen MR) is 56.6 cm³/mol. The lowest BCUT2D eigenvalue weighted by Crippen LogP contribution is -2.33. The molecule has 17 heavy (non-hydrogen) atoms. The summed E-state index contributed by atoms with van der Waals surface area (Å²) in [4.78, 5) is 23.7. The second kappa shape index (κ2) is 4.45. The van der Waals surface area contributed by atoms with Crippen LogP contribution in [0.4, 0.5) is 0 Å². The minimum absolute atomic E-state index is 0.00114. The van der Waals surface area contributed by atoms with Crippen LogP contribution >= 0.6 is 0 Å². The summed E-state index contributed by atoms with van der Waals surface area (Å²) in [6, 6.07) is 6.56. The molecule has 1 N–H and O–H groups in total. The normalized spacial score (nSPS) is 19.6. The zero-order chi connectivity index (χ0) is 12.4. The first kappa shape index (κ1) is 11.4. The van der Waals surface area contributed by atoms with Crippen LogP contribution < -0.4 is 5.11 Å². The molecule has 0 spiro atoms. The Morgan fingerprint density at radius 2 is 2.29 bits per heavy atom. The van der Waals surface area contributed by atoms with Gasteiger partial charge in [0.15, 0.2) is 0 Å². The molecular formula is C12H12NO4-. The predicted octanol–water partition coefficient (Wildman–Crippen LogP) is -0.509. The van der Waals surface area contributed by atoms with E-state index in [4.69, 9.17) is 0 Å². The molecule has 0 aromatic heterocycles. The van der Waals surface area contributed by atoms with Crippen LogP contribution in [0.1, 0.15) is 12.0 Å². The third-order valence-corrected chi connectivity index (χ3v) is 2.83. The molecule has 1 aromatic carbocycles. The average Bonchev–Trinajstić information content (AvgIpc) is 2.61. The molecular weight excluding hydrogens is 222 g/mol. The summed E-state index contributed by atoms with van der Waals surface area (Å²) in [6.07, 6.45) is 0.00114. The summed E-state index contributed by atoms with van der Waals surface area (Å²) in [7, 11) is 0. The van der Waals surface area contributed by atoms with Crippen molar-refractivity contribution in [1.82, 2.24) is 4.90 Å². The number of hydrogen-bond acceptors (Lipinski definition) is 4. The van der Waals surface area contributed by atoms with Gasteiger partial charge in [0.25, 0.3) is 0 Å². The highest BCUT2D eigenvalue weighted by Crippen LogP contribution is 2.21. The van der Waals surface area contributed by atoms with E-state index in [0.717, 1.165) is 5.56 Å². The van der Waals surface area contributed by atoms with Crippen molar-refractivity contribution in [2.24, 2.45) is 5.92 Å². The molecule has 1 aliphatic heterocycles. The lowest BCUT2D eigenvalue weighted by Gasteiger charge is -2.17. The smallest absolute Gasteiger partial charge is 0.223 e. The lowest BCUT2D eigenvalue weighted by atomic mass is 10.1. The molecule has 0 radical (unpaired) electrons. The standard InChI is InChI=1S/C12H13NO4/c14-10-3-1-2-8(4-10)6-13-7-9(12(16)17)5-11(13)15/h1-4,9,14H,5-7H2,(H,16,17)/p-1/t9-/m1/s1. The van der Waals surface area contributed by atoms with Gasteiger partial charge in [-0.1, -0.05) is 12.1 Å². The molecule has 90 valence electrons. The van der Waals surface area contributed by atoms with E-state index in [1.807, 2.05) is 0 Å². The first-order chi connectivity index (χ1) is 8.06. The van der Waals surface area contributed by atoms with Crippen molar-refractivity contribution in [3.8, 4) is 5.75 Å². The van der Waals surface area contributed by atoms with Crippen LogP contribution in [-0.2, 0) is 16.1 Å². The zero-order valence-electron chi connectivity index (χ0n) is 9.13. The number of likely N-dealkylation sites (tertiary alicyclic amines) is 1. The van der Waals surface area contributed by atoms with Crippen molar-refractivity contribution >= 4 is 11.9 Å². The quantitative estimate of drug-likeness (QED) is 0.763. The second-order valence-electron chi connectivity index (χ2n) is 4.16. The Bertz CT molecular complexity index is 458. The third-order valence-electron chi connectivity index (χ3n) is 2.83. The topological polar surface area (TPSA) is 80.7 Å². The Morgan fingerprint density at radius 1 is 1.53 bits per heavy atom. The fraction of sp³-hybridized carbons (Fsp3) is 0.333. The van der Waals surface area contributed by atoms with Gasteiger partial charge in [0.05, 0.1) is 0 Å². The zero-order valence-corrected chi connectivity index (χ0v) is 9.13. The van der Waals surface area contributed by atoms with Crippen LogP contribution in [0.3, 0.4) is 0 Å². The molecule has 1 heterocycles. The molecule has 1 atom stereocenters. The van der Waals surface area contributed by atoms with Gasteiger partial charge in [-0.25, -0.2) is 0 Å². The number of phenols is 1. The van der Waals surface area contributed by atoms with Gasteiger partial charge in [-0.15, -0.1) is 0 Å². The van der Waals surface area contributed by atoms with Crippen LogP contribution in [0, 0.1) is 5.92 Å². The molecule has 0 unspecified atom stereocenters. The van der Waals surface area contributed by atoms with Crippen LogP contribution in [0.2, 0.25) is 0 Å². The SMILES string of the molecule is O=C([O-])[C@@H]1CC(=O)N(Cc2cccc(O)c2)C1. The van der Waals surface area contributed by atoms with E-state index >= 15 is 0 Å². The van der Waals surface area contributed by atoms with Crippen LogP contribution in [0.15, 0.2) is 24.3 Å². The molecule has 1 fully saturated rings. The minimum Gasteiger partial charge on any atom is -0.550 e. The number of hydrogen-bond donors (Lipinski definition) is 1. The molecule has 5 nitrogen and oxygen atoms in total. The van der Waals surface area contributed by atoms with Crippen molar-refractivity contribution < 1.29 is 19.8 Å². The van der Waals surface area contributed by atoms with E-state index in [1.54, 1.807) is 24.3 Å². The van der Waals surface area contributed by atoms with Crippen LogP contribution in [0.5, 0.6) is 5.75 Å². The summed E-state index contributed by atoms with van der Waals surface area (Å²) < 4.78 is 0. The first-order valence-corrected chi connectivity index (χ1v) is 5.33. The Hall–Kier alpha value is -2.04. The van der Waals surface area contributed by atoms with Crippen molar-refractivity contribution in [2.75, 3.05) is 6.54 Å². The van der Waals surface area contributed by atoms with Crippen molar-refractivity contribution in [2.45, 2.75) is 13.0 Å². The molecule has 1 amide bonds. The summed E-state index contributed by atoms with van der Waals surface area (Å²) in [5.74, 6) is -1.97. The number of amides is 1. The number of rotatable bonds is 3. The second-order valence-corrected chi connectivity index (χ2v) is 4.16. The Morgan fingerprint density at radius 3 is 2.88 bits per heavy atom. The van der Waals surface area contributed by atoms with E-state index < -0.39 is 11.9 Å². The maximum atomic E-state index is 11.6. The lowest BCUT2D eigenvalue weighted by molar-refractivity contribution is -0.311. The average molecular weight is 234 g/mol. The number of carbonyl (C=O) groups is 2. The van der Waals surface area contributed by atoms with Crippen molar-refractivity contribution in [3.63, 3.8) is 0 Å². The van der Waals surface area contributed by atoms with Gasteiger partial charge >= 0.3 is 0 Å². The maximum Gasteiger partial charge on any atom is 0.223 e. The number of carbonyl (C=O) groups excluding carboxylic acids is 2. The van der Waals surface area contributed by atoms with Gasteiger partial charge < -0.3 is 19.9 Å². The summed E-state index contributed by atoms with van der Waals surface area (Å²) in [6.45, 7) is 0.494. The third kappa shape index (κ3) is 2.55. The number of carboxylic acid groups (broad SMARTS) is 1. The highest BCUT2D eigenvalue weighted by molar-refractivity contribution is 5.85. The highest BCUT2D eigenvalue weighted by Gasteiger charge is 2.30. The molecule has 0 saturated carbocycles. The molecule has 1 aromatic rings. The summed E-state index contributed by atoms with van der Waals surface area (Å²) in [5.41, 5.74) is 0.775. The molecule has 1 saturated heterocycles. The fourth-order valence-corrected chi connectivity index (χ4v) is 1.96.